The Morgan fingerprint density at radius 3 is 1.56 bits per heavy atom. The first-order valence-electron chi connectivity index (χ1n) is 21.1. The van der Waals surface area contributed by atoms with Crippen LogP contribution in [0.4, 0.5) is 0 Å². The zero-order valence-corrected chi connectivity index (χ0v) is 36.2. The number of hydrogen-bond donors (Lipinski definition) is 0. The topological polar surface area (TPSA) is 58.4 Å². The molecule has 7 aromatic rings. The van der Waals surface area contributed by atoms with Crippen LogP contribution in [0.3, 0.4) is 0 Å². The van der Waals surface area contributed by atoms with Gasteiger partial charge in [-0.3, -0.25) is 0 Å². The SMILES string of the molecule is CC#Cc1c2c(c(C#Cc3sc(C)c4c3OCC(C)(COCc3cn(CP)nn3)CO4)c3c1C1c4ccccc4C3c3ccccc31)C1c3ccccc3C2c2ccccc21. The van der Waals surface area contributed by atoms with Gasteiger partial charge in [-0.2, -0.15) is 0 Å². The van der Waals surface area contributed by atoms with Crippen molar-refractivity contribution in [1.29, 1.82) is 0 Å². The van der Waals surface area contributed by atoms with Crippen molar-refractivity contribution in [1.82, 2.24) is 15.0 Å². The Hall–Kier alpha value is -5.95. The van der Waals surface area contributed by atoms with Gasteiger partial charge < -0.3 is 14.2 Å². The summed E-state index contributed by atoms with van der Waals surface area (Å²) in [6.45, 7) is 7.98. The standard InChI is InChI=1S/C53H42N3O3PS/c1-4-13-40-47-43-32-14-5-9-18-36(32)45(37-19-10-6-15-33(37)43)49(47)41(50-46-38-20-11-7-16-34(38)44(48(40)50)35-17-8-12-21-39(35)46)22-23-42-52-51(30(2)61-42)58-27-53(3,28-59-52)26-57-25-31-24-56(29-60)55-54-31/h5-12,14-21,24,43-46H,25-29,60H2,1-3H3. The van der Waals surface area contributed by atoms with E-state index in [1.165, 1.54) is 72.3 Å². The third-order valence-corrected chi connectivity index (χ3v) is 14.8. The highest BCUT2D eigenvalue weighted by atomic mass is 32.1. The number of aromatic nitrogens is 3. The summed E-state index contributed by atoms with van der Waals surface area (Å²) in [4.78, 5) is 1.94. The lowest BCUT2D eigenvalue weighted by Crippen LogP contribution is -2.35. The maximum atomic E-state index is 6.74. The summed E-state index contributed by atoms with van der Waals surface area (Å²) in [5.74, 6) is 16.6. The van der Waals surface area contributed by atoms with Gasteiger partial charge in [0.25, 0.3) is 0 Å². The van der Waals surface area contributed by atoms with Gasteiger partial charge >= 0.3 is 0 Å². The summed E-state index contributed by atoms with van der Waals surface area (Å²) in [5.41, 5.74) is 19.0. The van der Waals surface area contributed by atoms with E-state index in [0.29, 0.717) is 32.7 Å². The van der Waals surface area contributed by atoms with E-state index in [1.807, 2.05) is 13.1 Å². The lowest BCUT2D eigenvalue weighted by atomic mass is 9.53. The summed E-state index contributed by atoms with van der Waals surface area (Å²) in [6, 6.07) is 36.3. The van der Waals surface area contributed by atoms with Gasteiger partial charge in [-0.1, -0.05) is 121 Å². The minimum absolute atomic E-state index is 0.0261. The molecule has 3 heterocycles. The number of aryl methyl sites for hydroxylation is 1. The first kappa shape index (κ1) is 36.9. The van der Waals surface area contributed by atoms with E-state index < -0.39 is 0 Å². The number of rotatable bonds is 5. The Morgan fingerprint density at radius 2 is 1.13 bits per heavy atom. The maximum Gasteiger partial charge on any atom is 0.188 e. The van der Waals surface area contributed by atoms with Gasteiger partial charge in [0, 0.05) is 39.7 Å². The normalized spacial score (nSPS) is 21.3. The van der Waals surface area contributed by atoms with Crippen LogP contribution < -0.4 is 9.47 Å². The van der Waals surface area contributed by atoms with Crippen LogP contribution in [0.25, 0.3) is 0 Å². The average Bonchev–Trinajstić information content (AvgIpc) is 3.83. The van der Waals surface area contributed by atoms with Crippen molar-refractivity contribution in [3.8, 4) is 35.2 Å². The molecule has 0 radical (unpaired) electrons. The molecule has 0 saturated carbocycles. The van der Waals surface area contributed by atoms with Crippen molar-refractivity contribution in [2.24, 2.45) is 5.41 Å². The monoisotopic (exact) mass is 831 g/mol. The minimum atomic E-state index is -0.376. The number of hydrogen-bond acceptors (Lipinski definition) is 6. The van der Waals surface area contributed by atoms with Crippen molar-refractivity contribution in [2.45, 2.75) is 57.3 Å². The molecule has 2 atom stereocenters. The molecule has 6 nitrogen and oxygen atoms in total. The highest BCUT2D eigenvalue weighted by molar-refractivity contribution is 7.15. The second-order valence-corrected chi connectivity index (χ2v) is 18.8. The van der Waals surface area contributed by atoms with Crippen LogP contribution in [0, 0.1) is 36.0 Å². The van der Waals surface area contributed by atoms with E-state index in [9.17, 15) is 0 Å². The van der Waals surface area contributed by atoms with Crippen LogP contribution in [0.5, 0.6) is 11.5 Å². The molecule has 2 unspecified atom stereocenters. The van der Waals surface area contributed by atoms with Gasteiger partial charge in [-0.15, -0.1) is 31.6 Å². The zero-order chi connectivity index (χ0) is 41.0. The van der Waals surface area contributed by atoms with Crippen LogP contribution >= 0.6 is 20.6 Å². The second-order valence-electron chi connectivity index (χ2n) is 17.2. The van der Waals surface area contributed by atoms with Crippen molar-refractivity contribution in [3.05, 3.63) is 197 Å². The Kier molecular flexibility index (Phi) is 8.49. The zero-order valence-electron chi connectivity index (χ0n) is 34.2. The van der Waals surface area contributed by atoms with Crippen molar-refractivity contribution >= 4 is 20.6 Å². The van der Waals surface area contributed by atoms with Crippen LogP contribution in [0.1, 0.15) is 131 Å². The number of fused-ring (bicyclic) bond motifs is 1. The number of benzene rings is 5. The Balaban J connectivity index is 1.04. The smallest absolute Gasteiger partial charge is 0.188 e. The Morgan fingerprint density at radius 1 is 0.689 bits per heavy atom. The number of ether oxygens (including phenoxy) is 3. The van der Waals surface area contributed by atoms with Gasteiger partial charge in [0.05, 0.1) is 44.3 Å². The average molecular weight is 832 g/mol. The quantitative estimate of drug-likeness (QED) is 0.128. The third kappa shape index (κ3) is 5.44. The van der Waals surface area contributed by atoms with Crippen LogP contribution in [-0.4, -0.2) is 34.8 Å². The molecule has 5 aromatic carbocycles. The van der Waals surface area contributed by atoms with Crippen molar-refractivity contribution < 1.29 is 14.2 Å². The van der Waals surface area contributed by atoms with E-state index in [2.05, 4.69) is 154 Å². The fourth-order valence-corrected chi connectivity index (χ4v) is 12.1. The van der Waals surface area contributed by atoms with Crippen LogP contribution in [-0.2, 0) is 17.6 Å². The summed E-state index contributed by atoms with van der Waals surface area (Å²) in [5, 5.41) is 8.36. The molecule has 7 aliphatic rings. The predicted octanol–water partition coefficient (Wildman–Crippen LogP) is 10.2. The molecule has 14 rings (SSSR count). The van der Waals surface area contributed by atoms with Gasteiger partial charge in [0.2, 0.25) is 0 Å². The first-order valence-corrected chi connectivity index (χ1v) is 22.7. The van der Waals surface area contributed by atoms with Crippen molar-refractivity contribution in [2.75, 3.05) is 19.8 Å². The molecule has 1 aliphatic heterocycles. The molecule has 8 heteroatoms. The van der Waals surface area contributed by atoms with E-state index in [-0.39, 0.29) is 29.1 Å². The molecule has 0 fully saturated rings. The largest absolute Gasteiger partial charge is 0.488 e. The van der Waals surface area contributed by atoms with E-state index in [4.69, 9.17) is 14.2 Å². The fraction of sp³-hybridized carbons (Fsp3) is 0.245. The number of thiophene rings is 1. The molecule has 6 aliphatic carbocycles. The van der Waals surface area contributed by atoms with E-state index >= 15 is 0 Å². The fourth-order valence-electron chi connectivity index (χ4n) is 11.0. The summed E-state index contributed by atoms with van der Waals surface area (Å²) >= 11 is 1.65. The Labute approximate surface area is 362 Å². The molecular weight excluding hydrogens is 790 g/mol. The van der Waals surface area contributed by atoms with Crippen molar-refractivity contribution in [3.63, 3.8) is 0 Å². The lowest BCUT2D eigenvalue weighted by molar-refractivity contribution is -0.00159. The highest BCUT2D eigenvalue weighted by Crippen LogP contribution is 2.64. The van der Waals surface area contributed by atoms with Crippen LogP contribution in [0.15, 0.2) is 103 Å². The Bertz CT molecular complexity index is 2900. The second kappa shape index (κ2) is 14.1. The third-order valence-electron chi connectivity index (χ3n) is 13.4. The summed E-state index contributed by atoms with van der Waals surface area (Å²) in [6.07, 6.45) is 2.60. The molecule has 0 N–H and O–H groups in total. The molecular formula is C53H42N3O3PS. The first-order chi connectivity index (χ1) is 30.0. The molecule has 0 amide bonds. The van der Waals surface area contributed by atoms with Gasteiger partial charge in [0.1, 0.15) is 10.6 Å². The summed E-state index contributed by atoms with van der Waals surface area (Å²) in [7, 11) is 2.66. The highest BCUT2D eigenvalue weighted by Gasteiger charge is 2.50. The van der Waals surface area contributed by atoms with E-state index in [0.717, 1.165) is 32.5 Å². The molecule has 61 heavy (non-hydrogen) atoms. The molecule has 0 spiro atoms. The van der Waals surface area contributed by atoms with Crippen LogP contribution in [0.2, 0.25) is 0 Å². The minimum Gasteiger partial charge on any atom is -0.488 e. The molecule has 2 aromatic heterocycles. The molecule has 0 saturated heterocycles. The van der Waals surface area contributed by atoms with Gasteiger partial charge in [0.15, 0.2) is 11.5 Å². The number of nitrogens with zero attached hydrogens (tertiary/aromatic N) is 3. The molecule has 4 bridgehead atoms. The van der Waals surface area contributed by atoms with Gasteiger partial charge in [-0.05, 0) is 86.5 Å². The molecule has 298 valence electrons. The lowest BCUT2D eigenvalue weighted by Gasteiger charge is -2.48. The predicted molar refractivity (Wildman–Crippen MR) is 242 cm³/mol. The maximum absolute atomic E-state index is 6.74. The van der Waals surface area contributed by atoms with E-state index in [1.54, 1.807) is 16.0 Å². The van der Waals surface area contributed by atoms with Gasteiger partial charge in [-0.25, -0.2) is 4.68 Å². The summed E-state index contributed by atoms with van der Waals surface area (Å²) < 4.78 is 21.3.